The maximum absolute atomic E-state index is 13.0. The molecule has 0 N–H and O–H groups in total. The summed E-state index contributed by atoms with van der Waals surface area (Å²) < 4.78 is -0.157. The molecule has 1 fully saturated rings. The van der Waals surface area contributed by atoms with Crippen LogP contribution in [0, 0.1) is 0 Å². The Hall–Kier alpha value is -1.46. The van der Waals surface area contributed by atoms with Crippen LogP contribution in [0.2, 0.25) is 5.02 Å². The van der Waals surface area contributed by atoms with Gasteiger partial charge >= 0.3 is 6.03 Å². The quantitative estimate of drug-likeness (QED) is 0.745. The van der Waals surface area contributed by atoms with E-state index in [9.17, 15) is 4.79 Å². The van der Waals surface area contributed by atoms with Crippen LogP contribution in [0.5, 0.6) is 0 Å². The number of amides is 2. The molecule has 2 aliphatic rings. The Morgan fingerprint density at radius 2 is 2.00 bits per heavy atom. The first-order valence-electron chi connectivity index (χ1n) is 7.59. The second-order valence-corrected chi connectivity index (χ2v) is 6.04. The SMILES string of the molecule is CC[N+]1(c2ccccc2Cl)N=NN(C2CCCCC2)C1=O. The highest BCUT2D eigenvalue weighted by Gasteiger charge is 2.51. The van der Waals surface area contributed by atoms with Crippen LogP contribution < -0.4 is 4.59 Å². The molecule has 1 saturated carbocycles. The van der Waals surface area contributed by atoms with Gasteiger partial charge in [0.05, 0.1) is 11.3 Å². The number of urea groups is 1. The number of rotatable bonds is 3. The molecule has 21 heavy (non-hydrogen) atoms. The minimum absolute atomic E-state index is 0.0856. The predicted octanol–water partition coefficient (Wildman–Crippen LogP) is 4.72. The summed E-state index contributed by atoms with van der Waals surface area (Å²) in [5.74, 6) is 0. The number of carbonyl (C=O) groups is 1. The maximum Gasteiger partial charge on any atom is 0.474 e. The van der Waals surface area contributed by atoms with Crippen LogP contribution >= 0.6 is 11.6 Å². The number of quaternary nitrogens is 1. The predicted molar refractivity (Wildman–Crippen MR) is 82.8 cm³/mol. The number of hydrogen-bond acceptors (Lipinski definition) is 3. The van der Waals surface area contributed by atoms with Gasteiger partial charge in [0.1, 0.15) is 11.6 Å². The van der Waals surface area contributed by atoms with E-state index in [-0.39, 0.29) is 16.7 Å². The van der Waals surface area contributed by atoms with E-state index in [0.29, 0.717) is 17.3 Å². The standard InChI is InChI=1S/C15H20ClN4O/c1-2-20(14-11-7-6-10-13(14)16)15(21)19(17-18-20)12-8-4-3-5-9-12/h6-7,10-12H,2-5,8-9H2,1H3/q+1. The minimum atomic E-state index is -0.157. The summed E-state index contributed by atoms with van der Waals surface area (Å²) in [5, 5.41) is 10.7. The van der Waals surface area contributed by atoms with Crippen molar-refractivity contribution in [3.8, 4) is 0 Å². The normalized spacial score (nSPS) is 26.6. The van der Waals surface area contributed by atoms with Crippen molar-refractivity contribution in [1.82, 2.24) is 9.60 Å². The highest BCUT2D eigenvalue weighted by Crippen LogP contribution is 2.38. The lowest BCUT2D eigenvalue weighted by Crippen LogP contribution is -2.52. The van der Waals surface area contributed by atoms with Crippen LogP contribution in [-0.4, -0.2) is 23.6 Å². The smallest absolute Gasteiger partial charge is 0.202 e. The fraction of sp³-hybridized carbons (Fsp3) is 0.533. The second kappa shape index (κ2) is 5.73. The Morgan fingerprint density at radius 1 is 1.29 bits per heavy atom. The Labute approximate surface area is 129 Å². The van der Waals surface area contributed by atoms with Gasteiger partial charge in [-0.2, -0.15) is 5.01 Å². The molecule has 1 atom stereocenters. The maximum atomic E-state index is 13.0. The second-order valence-electron chi connectivity index (χ2n) is 5.63. The van der Waals surface area contributed by atoms with Gasteiger partial charge in [0.15, 0.2) is 5.69 Å². The Morgan fingerprint density at radius 3 is 2.67 bits per heavy atom. The molecular weight excluding hydrogens is 288 g/mol. The van der Waals surface area contributed by atoms with E-state index in [4.69, 9.17) is 11.6 Å². The minimum Gasteiger partial charge on any atom is -0.202 e. The molecule has 0 radical (unpaired) electrons. The molecule has 0 spiro atoms. The Bertz CT molecular complexity index is 571. The molecule has 1 aliphatic carbocycles. The summed E-state index contributed by atoms with van der Waals surface area (Å²) >= 11 is 6.28. The average Bonchev–Trinajstić information content (AvgIpc) is 2.86. The number of hydrogen-bond donors (Lipinski definition) is 0. The molecule has 1 unspecified atom stereocenters. The molecule has 3 rings (SSSR count). The zero-order valence-electron chi connectivity index (χ0n) is 12.2. The van der Waals surface area contributed by atoms with Gasteiger partial charge in [-0.3, -0.25) is 0 Å². The highest BCUT2D eigenvalue weighted by atomic mass is 35.5. The van der Waals surface area contributed by atoms with Crippen molar-refractivity contribution in [1.29, 1.82) is 0 Å². The van der Waals surface area contributed by atoms with Crippen molar-refractivity contribution in [2.45, 2.75) is 45.1 Å². The van der Waals surface area contributed by atoms with Crippen LogP contribution in [0.15, 0.2) is 34.7 Å². The number of halogens is 1. The monoisotopic (exact) mass is 307 g/mol. The molecule has 1 aromatic carbocycles. The summed E-state index contributed by atoms with van der Waals surface area (Å²) in [6, 6.07) is 7.48. The topological polar surface area (TPSA) is 45.0 Å². The number of nitrogens with zero attached hydrogens (tertiary/aromatic N) is 4. The Kier molecular flexibility index (Phi) is 3.95. The van der Waals surface area contributed by atoms with Crippen LogP contribution in [0.25, 0.3) is 0 Å². The van der Waals surface area contributed by atoms with Crippen molar-refractivity contribution in [2.24, 2.45) is 10.4 Å². The molecule has 0 bridgehead atoms. The number of carbonyl (C=O) groups excluding carboxylic acids is 1. The highest BCUT2D eigenvalue weighted by molar-refractivity contribution is 6.33. The fourth-order valence-corrected chi connectivity index (χ4v) is 3.46. The van der Waals surface area contributed by atoms with Gasteiger partial charge in [-0.05, 0) is 31.1 Å². The molecule has 1 heterocycles. The third kappa shape index (κ3) is 2.34. The average molecular weight is 308 g/mol. The third-order valence-corrected chi connectivity index (χ3v) is 4.75. The molecule has 2 amide bonds. The molecule has 6 heteroatoms. The first-order valence-corrected chi connectivity index (χ1v) is 7.97. The lowest BCUT2D eigenvalue weighted by Gasteiger charge is -2.28. The van der Waals surface area contributed by atoms with Crippen LogP contribution in [0.4, 0.5) is 10.5 Å². The van der Waals surface area contributed by atoms with Gasteiger partial charge in [0, 0.05) is 6.07 Å². The van der Waals surface area contributed by atoms with Crippen molar-refractivity contribution in [3.05, 3.63) is 29.3 Å². The Balaban J connectivity index is 1.93. The summed E-state index contributed by atoms with van der Waals surface area (Å²) in [6.45, 7) is 2.44. The molecule has 1 aromatic rings. The summed E-state index contributed by atoms with van der Waals surface area (Å²) in [7, 11) is 0. The molecule has 0 saturated heterocycles. The fourth-order valence-electron chi connectivity index (χ4n) is 3.18. The van der Waals surface area contributed by atoms with Crippen molar-refractivity contribution < 1.29 is 4.79 Å². The zero-order valence-corrected chi connectivity index (χ0v) is 13.0. The van der Waals surface area contributed by atoms with E-state index >= 15 is 0 Å². The van der Waals surface area contributed by atoms with E-state index < -0.39 is 0 Å². The van der Waals surface area contributed by atoms with Crippen molar-refractivity contribution in [3.63, 3.8) is 0 Å². The van der Waals surface area contributed by atoms with E-state index in [1.54, 1.807) is 11.1 Å². The largest absolute Gasteiger partial charge is 0.474 e. The van der Waals surface area contributed by atoms with Crippen LogP contribution in [0.3, 0.4) is 0 Å². The third-order valence-electron chi connectivity index (χ3n) is 4.43. The lowest BCUT2D eigenvalue weighted by molar-refractivity contribution is 0.153. The molecule has 1 aliphatic heterocycles. The molecule has 0 aromatic heterocycles. The van der Waals surface area contributed by atoms with Gasteiger partial charge < -0.3 is 0 Å². The molecule has 5 nitrogen and oxygen atoms in total. The van der Waals surface area contributed by atoms with E-state index in [1.165, 1.54) is 6.42 Å². The van der Waals surface area contributed by atoms with Crippen molar-refractivity contribution >= 4 is 23.3 Å². The number of para-hydroxylation sites is 1. The first kappa shape index (κ1) is 14.5. The van der Waals surface area contributed by atoms with Gasteiger partial charge in [0.2, 0.25) is 0 Å². The number of benzene rings is 1. The van der Waals surface area contributed by atoms with E-state index in [1.807, 2.05) is 25.1 Å². The van der Waals surface area contributed by atoms with E-state index in [0.717, 1.165) is 25.7 Å². The van der Waals surface area contributed by atoms with Crippen molar-refractivity contribution in [2.75, 3.05) is 6.54 Å². The molecular formula is C15H20ClN4O+. The van der Waals surface area contributed by atoms with E-state index in [2.05, 4.69) is 10.4 Å². The molecule has 112 valence electrons. The van der Waals surface area contributed by atoms with Gasteiger partial charge in [-0.25, -0.2) is 4.79 Å². The van der Waals surface area contributed by atoms with Gasteiger partial charge in [-0.15, -0.1) is 0 Å². The summed E-state index contributed by atoms with van der Waals surface area (Å²) in [5.41, 5.74) is 0.703. The van der Waals surface area contributed by atoms with Gasteiger partial charge in [0.25, 0.3) is 0 Å². The zero-order chi connectivity index (χ0) is 14.9. The summed E-state index contributed by atoms with van der Waals surface area (Å²) in [6.07, 6.45) is 5.58. The van der Waals surface area contributed by atoms with Gasteiger partial charge in [-0.1, -0.05) is 47.6 Å². The van der Waals surface area contributed by atoms with Crippen LogP contribution in [-0.2, 0) is 0 Å². The van der Waals surface area contributed by atoms with Crippen LogP contribution in [0.1, 0.15) is 39.0 Å². The summed E-state index contributed by atoms with van der Waals surface area (Å²) in [4.78, 5) is 13.0. The lowest BCUT2D eigenvalue weighted by atomic mass is 9.95. The first-order chi connectivity index (χ1) is 10.2.